The molecule has 4 heteroatoms. The summed E-state index contributed by atoms with van der Waals surface area (Å²) in [4.78, 5) is 15.7. The van der Waals surface area contributed by atoms with Crippen molar-refractivity contribution in [2.24, 2.45) is 5.41 Å². The van der Waals surface area contributed by atoms with Gasteiger partial charge in [-0.25, -0.2) is 0 Å². The van der Waals surface area contributed by atoms with E-state index in [9.17, 15) is 9.90 Å². The van der Waals surface area contributed by atoms with E-state index in [0.717, 1.165) is 25.0 Å². The first kappa shape index (κ1) is 13.7. The summed E-state index contributed by atoms with van der Waals surface area (Å²) in [5, 5.41) is 10.4. The number of carboxylic acid groups (broad SMARTS) is 1. The molecule has 23 heavy (non-hydrogen) atoms. The highest BCUT2D eigenvalue weighted by Crippen LogP contribution is 2.70. The number of hydrogen-bond donors (Lipinski definition) is 2. The van der Waals surface area contributed by atoms with Gasteiger partial charge in [0.05, 0.1) is 5.41 Å². The summed E-state index contributed by atoms with van der Waals surface area (Å²) in [7, 11) is 0. The van der Waals surface area contributed by atoms with E-state index in [2.05, 4.69) is 41.6 Å². The fourth-order valence-corrected chi connectivity index (χ4v) is 7.68. The van der Waals surface area contributed by atoms with Crippen LogP contribution in [0.25, 0.3) is 0 Å². The summed E-state index contributed by atoms with van der Waals surface area (Å²) < 4.78 is 0. The number of H-pyrrole nitrogens is 1. The lowest BCUT2D eigenvalue weighted by atomic mass is 9.46. The topological polar surface area (TPSA) is 53.1 Å². The molecule has 1 aromatic heterocycles. The van der Waals surface area contributed by atoms with Gasteiger partial charge in [0.25, 0.3) is 0 Å². The molecule has 2 N–H and O–H groups in total. The van der Waals surface area contributed by atoms with Crippen LogP contribution in [0.2, 0.25) is 0 Å². The average Bonchev–Trinajstić information content (AvgIpc) is 3.25. The Morgan fingerprint density at radius 3 is 2.83 bits per heavy atom. The molecule has 2 fully saturated rings. The fourth-order valence-electron chi connectivity index (χ4n) is 5.64. The Bertz CT molecular complexity index is 786. The highest BCUT2D eigenvalue weighted by atomic mass is 32.2. The number of rotatable bonds is 2. The molecule has 1 saturated carbocycles. The van der Waals surface area contributed by atoms with Crippen LogP contribution in [0.4, 0.5) is 0 Å². The predicted molar refractivity (Wildman–Crippen MR) is 90.9 cm³/mol. The first-order valence-electron chi connectivity index (χ1n) is 8.29. The minimum atomic E-state index is -0.603. The Labute approximate surface area is 139 Å². The van der Waals surface area contributed by atoms with Crippen LogP contribution in [-0.4, -0.2) is 27.1 Å². The zero-order chi connectivity index (χ0) is 15.7. The maximum atomic E-state index is 12.4. The monoisotopic (exact) mass is 325 g/mol. The second kappa shape index (κ2) is 4.44. The van der Waals surface area contributed by atoms with Gasteiger partial charge in [0.15, 0.2) is 0 Å². The molecule has 1 saturated heterocycles. The molecule has 118 valence electrons. The van der Waals surface area contributed by atoms with Crippen molar-refractivity contribution in [1.29, 1.82) is 0 Å². The van der Waals surface area contributed by atoms with Gasteiger partial charge < -0.3 is 10.1 Å². The second-order valence-corrected chi connectivity index (χ2v) is 8.31. The molecule has 2 aromatic rings. The lowest BCUT2D eigenvalue weighted by Gasteiger charge is -2.58. The highest BCUT2D eigenvalue weighted by molar-refractivity contribution is 8.00. The van der Waals surface area contributed by atoms with Gasteiger partial charge in [0, 0.05) is 29.0 Å². The number of thioether (sulfide) groups is 1. The number of fused-ring (bicyclic) bond motifs is 1. The van der Waals surface area contributed by atoms with Crippen LogP contribution in [0.5, 0.6) is 0 Å². The van der Waals surface area contributed by atoms with E-state index in [1.807, 2.05) is 17.8 Å². The number of aliphatic carboxylic acids is 1. The number of nitrogens with one attached hydrogen (secondary N) is 1. The Morgan fingerprint density at radius 2 is 2.04 bits per heavy atom. The van der Waals surface area contributed by atoms with E-state index in [1.165, 1.54) is 16.7 Å². The maximum Gasteiger partial charge on any atom is 0.311 e. The average molecular weight is 325 g/mol. The summed E-state index contributed by atoms with van der Waals surface area (Å²) >= 11 is 1.88. The minimum Gasteiger partial charge on any atom is -0.481 e. The van der Waals surface area contributed by atoms with Crippen LogP contribution < -0.4 is 0 Å². The van der Waals surface area contributed by atoms with Crippen molar-refractivity contribution in [3.63, 3.8) is 0 Å². The summed E-state index contributed by atoms with van der Waals surface area (Å²) in [5.41, 5.74) is 3.11. The third-order valence-electron chi connectivity index (χ3n) is 6.49. The predicted octanol–water partition coefficient (Wildman–Crippen LogP) is 3.77. The van der Waals surface area contributed by atoms with Crippen LogP contribution in [-0.2, 0) is 10.2 Å². The highest BCUT2D eigenvalue weighted by Gasteiger charge is 2.69. The van der Waals surface area contributed by atoms with Crippen molar-refractivity contribution in [3.05, 3.63) is 59.4 Å². The summed E-state index contributed by atoms with van der Waals surface area (Å²) in [6.45, 7) is 0. The van der Waals surface area contributed by atoms with Crippen molar-refractivity contribution in [3.8, 4) is 0 Å². The summed E-state index contributed by atoms with van der Waals surface area (Å²) in [6.07, 6.45) is 7.00. The molecular weight excluding hydrogens is 306 g/mol. The van der Waals surface area contributed by atoms with Crippen molar-refractivity contribution in [1.82, 2.24) is 4.98 Å². The molecule has 0 spiro atoms. The first-order chi connectivity index (χ1) is 11.2. The molecule has 4 aliphatic rings. The molecule has 1 aliphatic heterocycles. The van der Waals surface area contributed by atoms with Crippen LogP contribution in [0.3, 0.4) is 0 Å². The van der Waals surface area contributed by atoms with E-state index in [4.69, 9.17) is 0 Å². The molecule has 0 radical (unpaired) electrons. The number of benzene rings is 1. The molecule has 4 unspecified atom stereocenters. The van der Waals surface area contributed by atoms with Crippen LogP contribution >= 0.6 is 11.8 Å². The SMILES string of the molecule is O=C(O)C12CCSC1C1(c3ccccc3)CCC2c2c[nH]cc21. The number of carbonyl (C=O) groups is 1. The number of hydrogen-bond acceptors (Lipinski definition) is 2. The molecule has 6 rings (SSSR count). The van der Waals surface area contributed by atoms with E-state index in [1.54, 1.807) is 0 Å². The smallest absolute Gasteiger partial charge is 0.311 e. The summed E-state index contributed by atoms with van der Waals surface area (Å²) in [6, 6.07) is 10.6. The maximum absolute atomic E-state index is 12.4. The molecular formula is C19H19NO2S. The third-order valence-corrected chi connectivity index (χ3v) is 8.08. The van der Waals surface area contributed by atoms with Crippen LogP contribution in [0.1, 0.15) is 41.9 Å². The van der Waals surface area contributed by atoms with Gasteiger partial charge >= 0.3 is 5.97 Å². The first-order valence-corrected chi connectivity index (χ1v) is 9.34. The Kier molecular flexibility index (Phi) is 2.65. The fraction of sp³-hybridized carbons (Fsp3) is 0.421. The van der Waals surface area contributed by atoms with Crippen molar-refractivity contribution in [2.45, 2.75) is 35.8 Å². The molecule has 2 heterocycles. The van der Waals surface area contributed by atoms with Gasteiger partial charge in [0.2, 0.25) is 0 Å². The zero-order valence-corrected chi connectivity index (χ0v) is 13.6. The molecule has 1 aromatic carbocycles. The Hall–Kier alpha value is -1.68. The molecule has 3 aliphatic carbocycles. The van der Waals surface area contributed by atoms with Gasteiger partial charge in [-0.1, -0.05) is 30.3 Å². The van der Waals surface area contributed by atoms with Gasteiger partial charge in [-0.05, 0) is 41.7 Å². The van der Waals surface area contributed by atoms with E-state index < -0.39 is 11.4 Å². The molecule has 4 atom stereocenters. The van der Waals surface area contributed by atoms with Gasteiger partial charge in [0.1, 0.15) is 0 Å². The number of carboxylic acids is 1. The zero-order valence-electron chi connectivity index (χ0n) is 12.8. The second-order valence-electron chi connectivity index (χ2n) is 7.10. The van der Waals surface area contributed by atoms with Crippen molar-refractivity contribution in [2.75, 3.05) is 5.75 Å². The minimum absolute atomic E-state index is 0.136. The standard InChI is InChI=1S/C19H19NO2S/c21-17(22)19-8-9-23-16(19)18(12-4-2-1-3-5-12)7-6-14(19)13-10-20-11-15(13)18/h1-5,10-11,14,16,20H,6-9H2,(H,21,22). The lowest BCUT2D eigenvalue weighted by Crippen LogP contribution is -2.60. The Morgan fingerprint density at radius 1 is 1.22 bits per heavy atom. The number of aromatic amines is 1. The lowest BCUT2D eigenvalue weighted by molar-refractivity contribution is -0.153. The van der Waals surface area contributed by atoms with E-state index in [-0.39, 0.29) is 16.6 Å². The van der Waals surface area contributed by atoms with Crippen LogP contribution in [0, 0.1) is 5.41 Å². The Balaban J connectivity index is 1.85. The van der Waals surface area contributed by atoms with Crippen LogP contribution in [0.15, 0.2) is 42.7 Å². The molecule has 2 bridgehead atoms. The quantitative estimate of drug-likeness (QED) is 0.884. The van der Waals surface area contributed by atoms with Crippen molar-refractivity contribution < 1.29 is 9.90 Å². The van der Waals surface area contributed by atoms with Gasteiger partial charge in [-0.15, -0.1) is 0 Å². The largest absolute Gasteiger partial charge is 0.481 e. The van der Waals surface area contributed by atoms with E-state index >= 15 is 0 Å². The number of aromatic nitrogens is 1. The van der Waals surface area contributed by atoms with Gasteiger partial charge in [-0.2, -0.15) is 11.8 Å². The van der Waals surface area contributed by atoms with Crippen molar-refractivity contribution >= 4 is 17.7 Å². The third kappa shape index (κ3) is 1.42. The normalized spacial score (nSPS) is 37.4. The summed E-state index contributed by atoms with van der Waals surface area (Å²) in [5.74, 6) is 0.520. The van der Waals surface area contributed by atoms with E-state index in [0.29, 0.717) is 0 Å². The molecule has 3 nitrogen and oxygen atoms in total. The van der Waals surface area contributed by atoms with Gasteiger partial charge in [-0.3, -0.25) is 4.79 Å². The molecule has 0 amide bonds.